The van der Waals surface area contributed by atoms with Crippen molar-refractivity contribution in [1.82, 2.24) is 4.98 Å². The Morgan fingerprint density at radius 2 is 2.10 bits per heavy atom. The highest BCUT2D eigenvalue weighted by Gasteiger charge is 2.31. The maximum atomic E-state index is 11.1. The van der Waals surface area contributed by atoms with Crippen molar-refractivity contribution in [3.8, 4) is 0 Å². The van der Waals surface area contributed by atoms with Gasteiger partial charge in [0.05, 0.1) is 21.6 Å². The molecule has 2 aromatic rings. The number of non-ortho nitro benzene ring substituents is 1. The Morgan fingerprint density at radius 1 is 1.33 bits per heavy atom. The van der Waals surface area contributed by atoms with Crippen LogP contribution in [0.4, 0.5) is 11.4 Å². The van der Waals surface area contributed by atoms with Crippen LogP contribution in [0, 0.1) is 10.1 Å². The second-order valence-electron chi connectivity index (χ2n) is 5.57. The molecule has 1 heterocycles. The number of nitro benzene ring substituents is 1. The minimum Gasteiger partial charge on any atom is -0.388 e. The van der Waals surface area contributed by atoms with Gasteiger partial charge in [0.25, 0.3) is 5.69 Å². The van der Waals surface area contributed by atoms with Crippen LogP contribution in [0.5, 0.6) is 0 Å². The Hall–Kier alpha value is -2.21. The molecule has 1 aromatic heterocycles. The Morgan fingerprint density at radius 3 is 2.81 bits per heavy atom. The topological polar surface area (TPSA) is 88.3 Å². The summed E-state index contributed by atoms with van der Waals surface area (Å²) >= 11 is 0. The fourth-order valence-electron chi connectivity index (χ4n) is 2.93. The van der Waals surface area contributed by atoms with E-state index in [2.05, 4.69) is 10.3 Å². The largest absolute Gasteiger partial charge is 0.388 e. The van der Waals surface area contributed by atoms with E-state index in [9.17, 15) is 15.2 Å². The fraction of sp³-hybridized carbons (Fsp3) is 0.400. The maximum absolute atomic E-state index is 11.1. The molecule has 0 saturated heterocycles. The molecule has 6 nitrogen and oxygen atoms in total. The molecule has 110 valence electrons. The number of benzene rings is 1. The summed E-state index contributed by atoms with van der Waals surface area (Å²) in [4.78, 5) is 14.9. The third kappa shape index (κ3) is 2.67. The van der Waals surface area contributed by atoms with Crippen LogP contribution in [0.2, 0.25) is 0 Å². The Balaban J connectivity index is 1.92. The summed E-state index contributed by atoms with van der Waals surface area (Å²) in [6.07, 6.45) is 5.27. The van der Waals surface area contributed by atoms with Crippen molar-refractivity contribution >= 4 is 22.3 Å². The zero-order valence-electron chi connectivity index (χ0n) is 11.6. The second-order valence-corrected chi connectivity index (χ2v) is 5.57. The maximum Gasteiger partial charge on any atom is 0.278 e. The number of rotatable bonds is 4. The molecular weight excluding hydrogens is 270 g/mol. The summed E-state index contributed by atoms with van der Waals surface area (Å²) in [5.41, 5.74) is 0.649. The van der Waals surface area contributed by atoms with E-state index in [1.807, 2.05) is 0 Å². The van der Waals surface area contributed by atoms with Crippen molar-refractivity contribution in [3.05, 3.63) is 40.6 Å². The van der Waals surface area contributed by atoms with Crippen molar-refractivity contribution in [2.24, 2.45) is 0 Å². The van der Waals surface area contributed by atoms with Gasteiger partial charge < -0.3 is 10.4 Å². The van der Waals surface area contributed by atoms with E-state index in [0.717, 1.165) is 31.4 Å². The first-order valence-corrected chi connectivity index (χ1v) is 7.07. The fourth-order valence-corrected chi connectivity index (χ4v) is 2.93. The molecule has 1 aliphatic carbocycles. The molecule has 1 saturated carbocycles. The zero-order valence-corrected chi connectivity index (χ0v) is 11.6. The van der Waals surface area contributed by atoms with Crippen molar-refractivity contribution < 1.29 is 10.0 Å². The van der Waals surface area contributed by atoms with Gasteiger partial charge in [-0.25, -0.2) is 0 Å². The van der Waals surface area contributed by atoms with Crippen LogP contribution in [0.3, 0.4) is 0 Å². The Kier molecular flexibility index (Phi) is 3.47. The number of nitrogens with one attached hydrogen (secondary N) is 1. The molecule has 1 aromatic carbocycles. The molecule has 1 fully saturated rings. The van der Waals surface area contributed by atoms with E-state index < -0.39 is 10.5 Å². The number of aliphatic hydroxyl groups is 1. The number of nitro groups is 1. The molecule has 0 radical (unpaired) electrons. The third-order valence-corrected chi connectivity index (χ3v) is 4.09. The Bertz CT molecular complexity index is 681. The van der Waals surface area contributed by atoms with E-state index in [1.165, 1.54) is 6.07 Å². The lowest BCUT2D eigenvalue weighted by atomic mass is 10.0. The summed E-state index contributed by atoms with van der Waals surface area (Å²) in [6.45, 7) is 0.441. The summed E-state index contributed by atoms with van der Waals surface area (Å²) < 4.78 is 0. The zero-order chi connectivity index (χ0) is 14.9. The van der Waals surface area contributed by atoms with E-state index in [0.29, 0.717) is 17.4 Å². The van der Waals surface area contributed by atoms with Crippen LogP contribution >= 0.6 is 0 Å². The van der Waals surface area contributed by atoms with Gasteiger partial charge in [0, 0.05) is 18.8 Å². The van der Waals surface area contributed by atoms with Crippen LogP contribution in [0.25, 0.3) is 10.9 Å². The van der Waals surface area contributed by atoms with Crippen LogP contribution in [-0.4, -0.2) is 27.2 Å². The number of hydrogen-bond donors (Lipinski definition) is 2. The van der Waals surface area contributed by atoms with Gasteiger partial charge in [-0.2, -0.15) is 0 Å². The summed E-state index contributed by atoms with van der Waals surface area (Å²) in [7, 11) is 0. The molecule has 6 heteroatoms. The molecule has 0 atom stereocenters. The van der Waals surface area contributed by atoms with Crippen LogP contribution in [0.1, 0.15) is 25.7 Å². The molecule has 3 rings (SSSR count). The van der Waals surface area contributed by atoms with Gasteiger partial charge >= 0.3 is 0 Å². The molecule has 0 spiro atoms. The number of nitrogens with zero attached hydrogens (tertiary/aromatic N) is 2. The number of anilines is 1. The number of aromatic nitrogens is 1. The lowest BCUT2D eigenvalue weighted by molar-refractivity contribution is -0.383. The normalized spacial score (nSPS) is 17.0. The Labute approximate surface area is 122 Å². The van der Waals surface area contributed by atoms with Gasteiger partial charge in [0.15, 0.2) is 0 Å². The first-order valence-electron chi connectivity index (χ1n) is 7.07. The van der Waals surface area contributed by atoms with Crippen molar-refractivity contribution in [2.75, 3.05) is 11.9 Å². The molecule has 0 bridgehead atoms. The standard InChI is InChI=1S/C15H17N3O3/c19-15(7-1-2-8-15)10-17-12-5-6-13(18(20)21)11-4-3-9-16-14(11)12/h3-6,9,17,19H,1-2,7-8,10H2. The van der Waals surface area contributed by atoms with Gasteiger partial charge in [0.2, 0.25) is 0 Å². The van der Waals surface area contributed by atoms with Gasteiger partial charge in [-0.3, -0.25) is 15.1 Å². The predicted octanol–water partition coefficient (Wildman–Crippen LogP) is 2.86. The van der Waals surface area contributed by atoms with Crippen molar-refractivity contribution in [3.63, 3.8) is 0 Å². The average molecular weight is 287 g/mol. The monoisotopic (exact) mass is 287 g/mol. The summed E-state index contributed by atoms with van der Waals surface area (Å²) in [6, 6.07) is 6.51. The van der Waals surface area contributed by atoms with Crippen molar-refractivity contribution in [2.45, 2.75) is 31.3 Å². The first kappa shape index (κ1) is 13.8. The van der Waals surface area contributed by atoms with Gasteiger partial charge in [-0.05, 0) is 31.0 Å². The smallest absolute Gasteiger partial charge is 0.278 e. The van der Waals surface area contributed by atoms with Crippen LogP contribution < -0.4 is 5.32 Å². The van der Waals surface area contributed by atoms with Crippen LogP contribution in [0.15, 0.2) is 30.5 Å². The third-order valence-electron chi connectivity index (χ3n) is 4.09. The van der Waals surface area contributed by atoms with E-state index in [-0.39, 0.29) is 5.69 Å². The predicted molar refractivity (Wildman–Crippen MR) is 80.3 cm³/mol. The average Bonchev–Trinajstić information content (AvgIpc) is 2.91. The highest BCUT2D eigenvalue weighted by Crippen LogP contribution is 2.32. The number of pyridine rings is 1. The lowest BCUT2D eigenvalue weighted by Crippen LogP contribution is -2.33. The highest BCUT2D eigenvalue weighted by molar-refractivity contribution is 5.96. The van der Waals surface area contributed by atoms with E-state index in [4.69, 9.17) is 0 Å². The van der Waals surface area contributed by atoms with Gasteiger partial charge in [-0.1, -0.05) is 12.8 Å². The minimum absolute atomic E-state index is 0.0447. The SMILES string of the molecule is O=[N+]([O-])c1ccc(NCC2(O)CCCC2)c2ncccc12. The highest BCUT2D eigenvalue weighted by atomic mass is 16.6. The molecular formula is C15H17N3O3. The molecule has 0 aliphatic heterocycles. The second kappa shape index (κ2) is 5.29. The van der Waals surface area contributed by atoms with E-state index >= 15 is 0 Å². The lowest BCUT2D eigenvalue weighted by Gasteiger charge is -2.23. The molecule has 2 N–H and O–H groups in total. The van der Waals surface area contributed by atoms with E-state index in [1.54, 1.807) is 24.4 Å². The number of hydrogen-bond acceptors (Lipinski definition) is 5. The molecule has 0 unspecified atom stereocenters. The molecule has 0 amide bonds. The van der Waals surface area contributed by atoms with Crippen LogP contribution in [-0.2, 0) is 0 Å². The van der Waals surface area contributed by atoms with Gasteiger partial charge in [-0.15, -0.1) is 0 Å². The number of fused-ring (bicyclic) bond motifs is 1. The summed E-state index contributed by atoms with van der Waals surface area (Å²) in [5.74, 6) is 0. The summed E-state index contributed by atoms with van der Waals surface area (Å²) in [5, 5.41) is 25.1. The molecule has 21 heavy (non-hydrogen) atoms. The van der Waals surface area contributed by atoms with Crippen molar-refractivity contribution in [1.29, 1.82) is 0 Å². The minimum atomic E-state index is -0.678. The molecule has 1 aliphatic rings. The van der Waals surface area contributed by atoms with Gasteiger partial charge in [0.1, 0.15) is 5.52 Å². The quantitative estimate of drug-likeness (QED) is 0.666. The first-order chi connectivity index (χ1) is 10.1.